The van der Waals surface area contributed by atoms with Crippen LogP contribution in [0.5, 0.6) is 0 Å². The fourth-order valence-electron chi connectivity index (χ4n) is 2.20. The molecule has 0 aromatic rings. The van der Waals surface area contributed by atoms with E-state index in [4.69, 9.17) is 12.2 Å². The summed E-state index contributed by atoms with van der Waals surface area (Å²) in [7, 11) is 0. The first-order chi connectivity index (χ1) is 7.16. The second kappa shape index (κ2) is 4.66. The van der Waals surface area contributed by atoms with Crippen molar-refractivity contribution >= 4 is 17.3 Å². The van der Waals surface area contributed by atoms with Crippen LogP contribution in [0.2, 0.25) is 0 Å². The fraction of sp³-hybridized carbons (Fsp3) is 0.909. The second-order valence-electron chi connectivity index (χ2n) is 4.90. The Morgan fingerprint density at radius 1 is 1.13 bits per heavy atom. The molecule has 86 valence electrons. The van der Waals surface area contributed by atoms with Gasteiger partial charge in [0, 0.05) is 18.1 Å². The van der Waals surface area contributed by atoms with Gasteiger partial charge < -0.3 is 5.32 Å². The highest BCUT2D eigenvalue weighted by Gasteiger charge is 2.27. The molecule has 1 saturated carbocycles. The quantitative estimate of drug-likeness (QED) is 0.703. The van der Waals surface area contributed by atoms with Crippen molar-refractivity contribution in [3.8, 4) is 0 Å². The van der Waals surface area contributed by atoms with Crippen molar-refractivity contribution < 1.29 is 0 Å². The maximum atomic E-state index is 5.29. The normalized spacial score (nSPS) is 32.4. The number of hydrogen-bond acceptors (Lipinski definition) is 2. The van der Waals surface area contributed by atoms with E-state index in [1.807, 2.05) is 0 Å². The third-order valence-electron chi connectivity index (χ3n) is 3.34. The first-order valence-electron chi connectivity index (χ1n) is 6.02. The van der Waals surface area contributed by atoms with Gasteiger partial charge in [-0.1, -0.05) is 6.42 Å². The molecule has 15 heavy (non-hydrogen) atoms. The van der Waals surface area contributed by atoms with Gasteiger partial charge in [-0.25, -0.2) is 5.01 Å². The molecule has 1 saturated heterocycles. The van der Waals surface area contributed by atoms with Crippen molar-refractivity contribution in [3.05, 3.63) is 0 Å². The van der Waals surface area contributed by atoms with Crippen LogP contribution < -0.4 is 10.7 Å². The van der Waals surface area contributed by atoms with Crippen molar-refractivity contribution in [2.24, 2.45) is 0 Å². The molecule has 2 fully saturated rings. The zero-order chi connectivity index (χ0) is 10.8. The minimum absolute atomic E-state index is 0.590. The summed E-state index contributed by atoms with van der Waals surface area (Å²) in [5, 5.41) is 6.43. The summed E-state index contributed by atoms with van der Waals surface area (Å²) >= 11 is 5.29. The lowest BCUT2D eigenvalue weighted by atomic mass is 10.00. The number of hydrazine groups is 1. The van der Waals surface area contributed by atoms with Crippen LogP contribution in [-0.2, 0) is 0 Å². The predicted octanol–water partition coefficient (Wildman–Crippen LogP) is 1.79. The molecule has 3 nitrogen and oxygen atoms in total. The standard InChI is InChI=1S/C11H21N3S/c1-8-4-3-5-9(2)14(8)13-11(15)12-10-6-7-10/h8-10H,3-7H2,1-2H3,(H2,12,13,15)/t8-,9-/m1/s1. The SMILES string of the molecule is C[C@@H]1CCC[C@@H](C)N1NC(=S)NC1CC1. The summed E-state index contributed by atoms with van der Waals surface area (Å²) in [6.07, 6.45) is 6.41. The van der Waals surface area contributed by atoms with Crippen LogP contribution in [0.15, 0.2) is 0 Å². The van der Waals surface area contributed by atoms with Gasteiger partial charge in [0.2, 0.25) is 0 Å². The third kappa shape index (κ3) is 3.05. The maximum absolute atomic E-state index is 5.29. The Morgan fingerprint density at radius 2 is 1.73 bits per heavy atom. The largest absolute Gasteiger partial charge is 0.359 e. The van der Waals surface area contributed by atoms with Crippen molar-refractivity contribution in [1.82, 2.24) is 15.8 Å². The Bertz CT molecular complexity index is 230. The third-order valence-corrected chi connectivity index (χ3v) is 3.55. The van der Waals surface area contributed by atoms with E-state index in [9.17, 15) is 0 Å². The molecule has 0 spiro atoms. The van der Waals surface area contributed by atoms with Gasteiger partial charge in [0.25, 0.3) is 0 Å². The molecule has 0 amide bonds. The van der Waals surface area contributed by atoms with Gasteiger partial charge in [0.1, 0.15) is 0 Å². The molecule has 0 aromatic carbocycles. The van der Waals surface area contributed by atoms with Gasteiger partial charge in [-0.3, -0.25) is 5.43 Å². The summed E-state index contributed by atoms with van der Waals surface area (Å²) < 4.78 is 0. The molecule has 2 rings (SSSR count). The predicted molar refractivity (Wildman–Crippen MR) is 66.5 cm³/mol. The van der Waals surface area contributed by atoms with E-state index in [0.717, 1.165) is 5.11 Å². The molecule has 1 aliphatic heterocycles. The number of rotatable bonds is 2. The Balaban J connectivity index is 1.81. The molecule has 0 radical (unpaired) electrons. The van der Waals surface area contributed by atoms with E-state index >= 15 is 0 Å². The van der Waals surface area contributed by atoms with E-state index in [1.54, 1.807) is 0 Å². The molecular formula is C11H21N3S. The molecule has 1 aliphatic carbocycles. The molecule has 2 aliphatic rings. The van der Waals surface area contributed by atoms with Crippen LogP contribution in [0.1, 0.15) is 46.0 Å². The molecular weight excluding hydrogens is 206 g/mol. The fourth-order valence-corrected chi connectivity index (χ4v) is 2.48. The van der Waals surface area contributed by atoms with Crippen LogP contribution in [0.4, 0.5) is 0 Å². The van der Waals surface area contributed by atoms with Crippen LogP contribution in [0.3, 0.4) is 0 Å². The van der Waals surface area contributed by atoms with Gasteiger partial charge in [-0.15, -0.1) is 0 Å². The Kier molecular flexibility index (Phi) is 3.46. The average molecular weight is 227 g/mol. The molecule has 2 N–H and O–H groups in total. The van der Waals surface area contributed by atoms with Gasteiger partial charge in [-0.2, -0.15) is 0 Å². The van der Waals surface area contributed by atoms with Crippen LogP contribution >= 0.6 is 12.2 Å². The van der Waals surface area contributed by atoms with Crippen LogP contribution in [0, 0.1) is 0 Å². The molecule has 1 heterocycles. The summed E-state index contributed by atoms with van der Waals surface area (Å²) in [5.74, 6) is 0. The number of thiocarbonyl (C=S) groups is 1. The first kappa shape index (κ1) is 11.1. The lowest BCUT2D eigenvalue weighted by Crippen LogP contribution is -2.56. The maximum Gasteiger partial charge on any atom is 0.181 e. The van der Waals surface area contributed by atoms with Gasteiger partial charge in [-0.05, 0) is 51.7 Å². The highest BCUT2D eigenvalue weighted by Crippen LogP contribution is 2.21. The van der Waals surface area contributed by atoms with E-state index in [0.29, 0.717) is 18.1 Å². The molecule has 2 atom stereocenters. The zero-order valence-corrected chi connectivity index (χ0v) is 10.4. The van der Waals surface area contributed by atoms with E-state index in [-0.39, 0.29) is 0 Å². The lowest BCUT2D eigenvalue weighted by molar-refractivity contribution is 0.0736. The van der Waals surface area contributed by atoms with E-state index in [2.05, 4.69) is 29.6 Å². The van der Waals surface area contributed by atoms with Crippen molar-refractivity contribution in [3.63, 3.8) is 0 Å². The Hall–Kier alpha value is -0.350. The number of piperidine rings is 1. The molecule has 4 heteroatoms. The minimum Gasteiger partial charge on any atom is -0.359 e. The lowest BCUT2D eigenvalue weighted by Gasteiger charge is -2.39. The number of hydrogen-bond donors (Lipinski definition) is 2. The van der Waals surface area contributed by atoms with Gasteiger partial charge >= 0.3 is 0 Å². The van der Waals surface area contributed by atoms with Crippen molar-refractivity contribution in [2.75, 3.05) is 0 Å². The summed E-state index contributed by atoms with van der Waals surface area (Å²) in [6, 6.07) is 1.82. The van der Waals surface area contributed by atoms with Gasteiger partial charge in [0.15, 0.2) is 5.11 Å². The highest BCUT2D eigenvalue weighted by atomic mass is 32.1. The number of nitrogens with zero attached hydrogens (tertiary/aromatic N) is 1. The van der Waals surface area contributed by atoms with Crippen molar-refractivity contribution in [2.45, 2.75) is 64.1 Å². The van der Waals surface area contributed by atoms with Crippen LogP contribution in [-0.4, -0.2) is 28.2 Å². The Morgan fingerprint density at radius 3 is 2.27 bits per heavy atom. The van der Waals surface area contributed by atoms with Crippen molar-refractivity contribution in [1.29, 1.82) is 0 Å². The monoisotopic (exact) mass is 227 g/mol. The summed E-state index contributed by atoms with van der Waals surface area (Å²) in [4.78, 5) is 0. The summed E-state index contributed by atoms with van der Waals surface area (Å²) in [6.45, 7) is 4.53. The molecule has 0 unspecified atom stereocenters. The highest BCUT2D eigenvalue weighted by molar-refractivity contribution is 7.80. The molecule has 0 aromatic heterocycles. The van der Waals surface area contributed by atoms with Crippen LogP contribution in [0.25, 0.3) is 0 Å². The smallest absolute Gasteiger partial charge is 0.181 e. The van der Waals surface area contributed by atoms with Gasteiger partial charge in [0.05, 0.1) is 0 Å². The van der Waals surface area contributed by atoms with E-state index in [1.165, 1.54) is 32.1 Å². The average Bonchev–Trinajstić information content (AvgIpc) is 2.95. The minimum atomic E-state index is 0.590. The zero-order valence-electron chi connectivity index (χ0n) is 9.62. The summed E-state index contributed by atoms with van der Waals surface area (Å²) in [5.41, 5.74) is 3.34. The first-order valence-corrected chi connectivity index (χ1v) is 6.43. The Labute approximate surface area is 97.6 Å². The second-order valence-corrected chi connectivity index (χ2v) is 5.30. The topological polar surface area (TPSA) is 27.3 Å². The van der Waals surface area contributed by atoms with E-state index < -0.39 is 0 Å². The molecule has 0 bridgehead atoms. The number of nitrogens with one attached hydrogen (secondary N) is 2.